The number of hydrogen-bond donors (Lipinski definition) is 0. The van der Waals surface area contributed by atoms with Crippen LogP contribution in [-0.2, 0) is 10.8 Å². The second-order valence-corrected chi connectivity index (χ2v) is 21.0. The molecule has 0 N–H and O–H groups in total. The molecule has 11 aromatic carbocycles. The predicted octanol–water partition coefficient (Wildman–Crippen LogP) is 19.3. The van der Waals surface area contributed by atoms with E-state index in [1.54, 1.807) is 0 Å². The van der Waals surface area contributed by atoms with Crippen molar-refractivity contribution in [2.75, 3.05) is 9.80 Å². The van der Waals surface area contributed by atoms with Gasteiger partial charge in [-0.25, -0.2) is 0 Å². The van der Waals surface area contributed by atoms with E-state index in [2.05, 4.69) is 256 Å². The van der Waals surface area contributed by atoms with Crippen LogP contribution in [-0.4, -0.2) is 0 Å². The number of hydrogen-bond acceptors (Lipinski definition) is 4. The smallest absolute Gasteiger partial charge is 0.136 e. The van der Waals surface area contributed by atoms with E-state index in [9.17, 15) is 0 Å². The Labute approximate surface area is 417 Å². The minimum absolute atomic E-state index is 0.104. The first-order valence-electron chi connectivity index (χ1n) is 25.1. The van der Waals surface area contributed by atoms with Crippen LogP contribution in [0.2, 0.25) is 0 Å². The largest absolute Gasteiger partial charge is 0.456 e. The zero-order valence-corrected chi connectivity index (χ0v) is 40.5. The number of para-hydroxylation sites is 2. The number of nitrogens with zero attached hydrogens (tertiary/aromatic N) is 2. The molecule has 342 valence electrons. The van der Waals surface area contributed by atoms with Crippen LogP contribution in [0.4, 0.5) is 34.1 Å². The Hall–Kier alpha value is -8.86. The van der Waals surface area contributed by atoms with E-state index >= 15 is 0 Å². The Balaban J connectivity index is 0.804. The summed E-state index contributed by atoms with van der Waals surface area (Å²) in [6.07, 6.45) is 0. The summed E-state index contributed by atoms with van der Waals surface area (Å²) in [5.74, 6) is 0. The fourth-order valence-corrected chi connectivity index (χ4v) is 12.5. The Kier molecular flexibility index (Phi) is 8.44. The van der Waals surface area contributed by atoms with Crippen LogP contribution in [0.3, 0.4) is 0 Å². The number of benzene rings is 11. The van der Waals surface area contributed by atoms with E-state index in [0.29, 0.717) is 0 Å². The third-order valence-corrected chi connectivity index (χ3v) is 16.1. The van der Waals surface area contributed by atoms with Gasteiger partial charge in [-0.2, -0.15) is 0 Å². The molecule has 2 aromatic heterocycles. The summed E-state index contributed by atoms with van der Waals surface area (Å²) in [4.78, 5) is 4.75. The second-order valence-electron chi connectivity index (χ2n) is 21.0. The van der Waals surface area contributed by atoms with Crippen LogP contribution in [0.25, 0.3) is 87.7 Å². The van der Waals surface area contributed by atoms with Crippen LogP contribution >= 0.6 is 0 Å². The van der Waals surface area contributed by atoms with Crippen molar-refractivity contribution in [2.24, 2.45) is 0 Å². The highest BCUT2D eigenvalue weighted by Crippen LogP contribution is 2.53. The zero-order valence-electron chi connectivity index (χ0n) is 40.5. The van der Waals surface area contributed by atoms with Crippen LogP contribution in [0, 0.1) is 0 Å². The molecular formula is C68H48N2O2. The molecule has 2 aliphatic carbocycles. The standard InChI is InChI=1S/C68H48N2O2/c1-67(2)59-21-13-11-19-51(59)53-29-27-49(37-61(53)67)69(45-15-7-5-8-16-45)47-25-23-41-33-55-57-39-66-58(40-65(57)71-63(55)35-43(41)31-47)56-34-42-24-26-48(32-44(42)36-64(56)72-66)70(46-17-9-6-10-18-46)50-28-30-54-52-20-12-14-22-60(52)68(3,4)62(54)38-50/h5-40H,1-4H3. The maximum Gasteiger partial charge on any atom is 0.136 e. The number of fused-ring (bicyclic) bond motifs is 14. The van der Waals surface area contributed by atoms with Crippen LogP contribution in [0.1, 0.15) is 49.9 Å². The van der Waals surface area contributed by atoms with Crippen molar-refractivity contribution < 1.29 is 8.83 Å². The van der Waals surface area contributed by atoms with Gasteiger partial charge in [0.05, 0.1) is 0 Å². The molecule has 0 atom stereocenters. The first kappa shape index (κ1) is 41.0. The third-order valence-electron chi connectivity index (χ3n) is 16.1. The third kappa shape index (κ3) is 5.93. The van der Waals surface area contributed by atoms with E-state index in [4.69, 9.17) is 8.83 Å². The average molecular weight is 925 g/mol. The van der Waals surface area contributed by atoms with E-state index in [1.165, 1.54) is 44.5 Å². The summed E-state index contributed by atoms with van der Waals surface area (Å²) in [6.45, 7) is 9.37. The molecule has 0 amide bonds. The molecular weight excluding hydrogens is 877 g/mol. The fourth-order valence-electron chi connectivity index (χ4n) is 12.5. The van der Waals surface area contributed by atoms with Gasteiger partial charge >= 0.3 is 0 Å². The summed E-state index contributed by atoms with van der Waals surface area (Å²) in [6, 6.07) is 79.8. The monoisotopic (exact) mass is 924 g/mol. The first-order valence-corrected chi connectivity index (χ1v) is 25.1. The molecule has 15 rings (SSSR count). The Morgan fingerprint density at radius 3 is 1.06 bits per heavy atom. The molecule has 0 saturated carbocycles. The topological polar surface area (TPSA) is 32.8 Å². The van der Waals surface area contributed by atoms with Gasteiger partial charge in [-0.1, -0.05) is 137 Å². The van der Waals surface area contributed by atoms with Gasteiger partial charge in [-0.3, -0.25) is 0 Å². The lowest BCUT2D eigenvalue weighted by Gasteiger charge is -2.28. The summed E-state index contributed by atoms with van der Waals surface area (Å²) in [5.41, 5.74) is 20.6. The summed E-state index contributed by atoms with van der Waals surface area (Å²) < 4.78 is 13.5. The molecule has 0 saturated heterocycles. The Bertz CT molecular complexity index is 4120. The van der Waals surface area contributed by atoms with Gasteiger partial charge in [0.1, 0.15) is 22.3 Å². The van der Waals surface area contributed by atoms with Crippen molar-refractivity contribution in [1.82, 2.24) is 0 Å². The van der Waals surface area contributed by atoms with Gasteiger partial charge in [0.25, 0.3) is 0 Å². The Morgan fingerprint density at radius 1 is 0.264 bits per heavy atom. The zero-order chi connectivity index (χ0) is 48.0. The highest BCUT2D eigenvalue weighted by atomic mass is 16.3. The fraction of sp³-hybridized carbons (Fsp3) is 0.0882. The number of rotatable bonds is 6. The molecule has 0 radical (unpaired) electrons. The molecule has 0 bridgehead atoms. The highest BCUT2D eigenvalue weighted by molar-refractivity contribution is 6.18. The molecule has 2 heterocycles. The quantitative estimate of drug-likeness (QED) is 0.166. The van der Waals surface area contributed by atoms with Gasteiger partial charge in [-0.05, 0) is 175 Å². The van der Waals surface area contributed by atoms with Crippen LogP contribution in [0.15, 0.2) is 227 Å². The van der Waals surface area contributed by atoms with E-state index in [0.717, 1.165) is 99.5 Å². The van der Waals surface area contributed by atoms with E-state index < -0.39 is 0 Å². The Morgan fingerprint density at radius 2 is 0.611 bits per heavy atom. The molecule has 0 unspecified atom stereocenters. The molecule has 0 fully saturated rings. The molecule has 13 aromatic rings. The van der Waals surface area contributed by atoms with Crippen molar-refractivity contribution in [1.29, 1.82) is 0 Å². The molecule has 4 heteroatoms. The predicted molar refractivity (Wildman–Crippen MR) is 301 cm³/mol. The second kappa shape index (κ2) is 14.8. The van der Waals surface area contributed by atoms with Crippen molar-refractivity contribution in [3.8, 4) is 22.3 Å². The number of anilines is 6. The van der Waals surface area contributed by atoms with Gasteiger partial charge in [0.15, 0.2) is 0 Å². The normalized spacial score (nSPS) is 14.1. The molecule has 2 aliphatic rings. The van der Waals surface area contributed by atoms with Crippen LogP contribution < -0.4 is 9.80 Å². The lowest BCUT2D eigenvalue weighted by Crippen LogP contribution is -2.16. The van der Waals surface area contributed by atoms with E-state index in [1.807, 2.05) is 0 Å². The van der Waals surface area contributed by atoms with Gasteiger partial charge in [0.2, 0.25) is 0 Å². The number of furan rings is 2. The molecule has 4 nitrogen and oxygen atoms in total. The summed E-state index contributed by atoms with van der Waals surface area (Å²) in [5, 5.41) is 8.76. The van der Waals surface area contributed by atoms with Gasteiger partial charge < -0.3 is 18.6 Å². The van der Waals surface area contributed by atoms with Crippen molar-refractivity contribution >= 4 is 99.5 Å². The van der Waals surface area contributed by atoms with Gasteiger partial charge in [-0.15, -0.1) is 0 Å². The lowest BCUT2D eigenvalue weighted by atomic mass is 9.82. The summed E-state index contributed by atoms with van der Waals surface area (Å²) >= 11 is 0. The summed E-state index contributed by atoms with van der Waals surface area (Å²) in [7, 11) is 0. The maximum absolute atomic E-state index is 6.77. The average Bonchev–Trinajstić information content (AvgIpc) is 4.08. The van der Waals surface area contributed by atoms with Crippen molar-refractivity contribution in [3.05, 3.63) is 241 Å². The molecule has 0 spiro atoms. The molecule has 0 aliphatic heterocycles. The minimum Gasteiger partial charge on any atom is -0.456 e. The highest BCUT2D eigenvalue weighted by Gasteiger charge is 2.37. The van der Waals surface area contributed by atoms with Crippen molar-refractivity contribution in [3.63, 3.8) is 0 Å². The van der Waals surface area contributed by atoms with Crippen LogP contribution in [0.5, 0.6) is 0 Å². The maximum atomic E-state index is 6.77. The lowest BCUT2D eigenvalue weighted by molar-refractivity contribution is 0.660. The van der Waals surface area contributed by atoms with Crippen molar-refractivity contribution in [2.45, 2.75) is 38.5 Å². The van der Waals surface area contributed by atoms with Gasteiger partial charge in [0, 0.05) is 66.5 Å². The molecule has 72 heavy (non-hydrogen) atoms. The first-order chi connectivity index (χ1) is 35.2. The minimum atomic E-state index is -0.104. The SMILES string of the molecule is CC1(C)c2ccccc2-c2ccc(N(c3ccccc3)c3ccc4cc5c(cc4c3)oc3cc4c(cc35)oc3cc5cc(N(c6ccccc6)c6ccc7c(c6)C(C)(C)c6ccccc6-7)ccc5cc34)cc21. The van der Waals surface area contributed by atoms with E-state index in [-0.39, 0.29) is 10.8 Å².